The third kappa shape index (κ3) is 4.91. The van der Waals surface area contributed by atoms with E-state index in [1.165, 1.54) is 0 Å². The van der Waals surface area contributed by atoms with Gasteiger partial charge in [0.1, 0.15) is 22.8 Å². The van der Waals surface area contributed by atoms with E-state index in [4.69, 9.17) is 26.9 Å². The van der Waals surface area contributed by atoms with Gasteiger partial charge in [0.05, 0.1) is 13.3 Å². The topological polar surface area (TPSA) is 107 Å². The molecule has 3 heterocycles. The number of methoxy groups -OCH3 is 1. The average molecular weight is 435 g/mol. The predicted molar refractivity (Wildman–Crippen MR) is 114 cm³/mol. The summed E-state index contributed by atoms with van der Waals surface area (Å²) in [5, 5.41) is 1.36. The quantitative estimate of drug-likeness (QED) is 0.320. The number of hydrogen-bond donors (Lipinski definition) is 1. The zero-order chi connectivity index (χ0) is 21.8. The van der Waals surface area contributed by atoms with Crippen molar-refractivity contribution in [1.82, 2.24) is 20.0 Å². The maximum Gasteiger partial charge on any atom is 0.305 e. The van der Waals surface area contributed by atoms with Gasteiger partial charge in [0, 0.05) is 43.6 Å². The van der Waals surface area contributed by atoms with E-state index < -0.39 is 5.91 Å². The fraction of sp³-hybridized carbons (Fsp3) is 0.500. The van der Waals surface area contributed by atoms with Gasteiger partial charge >= 0.3 is 5.91 Å². The molecule has 2 N–H and O–H groups in total. The van der Waals surface area contributed by atoms with Gasteiger partial charge in [-0.1, -0.05) is 11.6 Å². The Balaban J connectivity index is 1.69. The van der Waals surface area contributed by atoms with Crippen LogP contribution in [-0.4, -0.2) is 58.2 Å². The van der Waals surface area contributed by atoms with Crippen molar-refractivity contribution in [2.75, 3.05) is 25.1 Å². The first-order valence-electron chi connectivity index (χ1n) is 9.84. The molecule has 0 unspecified atom stereocenters. The number of hydrazine groups is 1. The molecule has 9 nitrogen and oxygen atoms in total. The summed E-state index contributed by atoms with van der Waals surface area (Å²) in [6.45, 7) is 6.91. The van der Waals surface area contributed by atoms with Gasteiger partial charge in [0.15, 0.2) is 0 Å². The van der Waals surface area contributed by atoms with Crippen molar-refractivity contribution < 1.29 is 14.3 Å². The lowest BCUT2D eigenvalue weighted by Crippen LogP contribution is -2.44. The molecule has 0 saturated carbocycles. The van der Waals surface area contributed by atoms with E-state index in [1.54, 1.807) is 19.4 Å². The molecule has 2 aromatic heterocycles. The van der Waals surface area contributed by atoms with Gasteiger partial charge in [-0.25, -0.2) is 20.8 Å². The number of hydrogen-bond acceptors (Lipinski definition) is 8. The minimum atomic E-state index is -0.460. The van der Waals surface area contributed by atoms with Crippen LogP contribution in [0.4, 0.5) is 5.82 Å². The highest BCUT2D eigenvalue weighted by molar-refractivity contribution is 6.30. The van der Waals surface area contributed by atoms with Crippen molar-refractivity contribution in [2.24, 2.45) is 5.84 Å². The molecule has 1 aliphatic heterocycles. The van der Waals surface area contributed by atoms with E-state index in [0.29, 0.717) is 30.5 Å². The number of aromatic nitrogens is 3. The van der Waals surface area contributed by atoms with Crippen molar-refractivity contribution in [3.8, 4) is 11.6 Å². The molecule has 2 aromatic rings. The molecular weight excluding hydrogens is 408 g/mol. The molecule has 1 aliphatic rings. The minimum absolute atomic E-state index is 0.000481. The molecule has 3 rings (SSSR count). The normalized spacial score (nSPS) is 14.7. The van der Waals surface area contributed by atoms with E-state index in [9.17, 15) is 4.79 Å². The van der Waals surface area contributed by atoms with Gasteiger partial charge in [-0.15, -0.1) is 0 Å². The van der Waals surface area contributed by atoms with Crippen LogP contribution in [0.5, 0.6) is 11.6 Å². The van der Waals surface area contributed by atoms with E-state index in [1.807, 2.05) is 26.8 Å². The largest absolute Gasteiger partial charge is 0.489 e. The summed E-state index contributed by atoms with van der Waals surface area (Å²) in [7, 11) is 1.58. The minimum Gasteiger partial charge on any atom is -0.489 e. The van der Waals surface area contributed by atoms with E-state index in [0.717, 1.165) is 23.4 Å². The van der Waals surface area contributed by atoms with Crippen molar-refractivity contribution in [2.45, 2.75) is 45.8 Å². The summed E-state index contributed by atoms with van der Waals surface area (Å²) in [4.78, 5) is 27.4. The Morgan fingerprint density at radius 1 is 1.30 bits per heavy atom. The molecule has 162 valence electrons. The lowest BCUT2D eigenvalue weighted by molar-refractivity contribution is 0.0693. The van der Waals surface area contributed by atoms with E-state index in [2.05, 4.69) is 19.9 Å². The molecule has 1 saturated heterocycles. The molecule has 30 heavy (non-hydrogen) atoms. The van der Waals surface area contributed by atoms with Crippen LogP contribution in [0.3, 0.4) is 0 Å². The second kappa shape index (κ2) is 9.44. The van der Waals surface area contributed by atoms with Gasteiger partial charge in [-0.2, -0.15) is 0 Å². The first-order chi connectivity index (χ1) is 14.3. The van der Waals surface area contributed by atoms with Crippen LogP contribution >= 0.6 is 11.6 Å². The summed E-state index contributed by atoms with van der Waals surface area (Å²) >= 11 is 6.30. The Hall–Kier alpha value is -2.65. The fourth-order valence-electron chi connectivity index (χ4n) is 3.17. The highest BCUT2D eigenvalue weighted by atomic mass is 35.5. The summed E-state index contributed by atoms with van der Waals surface area (Å²) in [6, 6.07) is 3.44. The number of pyridine rings is 1. The number of carbonyl (C=O) groups is 1. The van der Waals surface area contributed by atoms with Gasteiger partial charge in [-0.05, 0) is 26.8 Å². The predicted octanol–water partition coefficient (Wildman–Crippen LogP) is 2.61. The standard InChI is InChI=1S/C20H27ClN6O3/c1-12(2)27(22)20(28)18-24-17(21)13(3)19(25-18)26-9-7-14(8-10-26)30-15-5-6-16(29-4)23-11-15/h5-6,11-12,14H,7-10,22H2,1-4H3. The first-order valence-corrected chi connectivity index (χ1v) is 10.2. The number of amides is 1. The highest BCUT2D eigenvalue weighted by Gasteiger charge is 2.26. The average Bonchev–Trinajstić information content (AvgIpc) is 2.75. The zero-order valence-electron chi connectivity index (χ0n) is 17.6. The van der Waals surface area contributed by atoms with Crippen LogP contribution in [0.2, 0.25) is 5.15 Å². The van der Waals surface area contributed by atoms with Gasteiger partial charge in [0.2, 0.25) is 11.7 Å². The number of anilines is 1. The first kappa shape index (κ1) is 22.0. The number of nitrogens with zero attached hydrogens (tertiary/aromatic N) is 5. The molecule has 0 spiro atoms. The lowest BCUT2D eigenvalue weighted by atomic mass is 10.1. The number of halogens is 1. The number of piperidine rings is 1. The van der Waals surface area contributed by atoms with Crippen molar-refractivity contribution in [3.05, 3.63) is 34.9 Å². The molecule has 0 atom stereocenters. The van der Waals surface area contributed by atoms with E-state index in [-0.39, 0.29) is 23.1 Å². The number of rotatable bonds is 6. The third-order valence-electron chi connectivity index (χ3n) is 5.01. The van der Waals surface area contributed by atoms with Gasteiger partial charge in [0.25, 0.3) is 0 Å². The second-order valence-corrected chi connectivity index (χ2v) is 7.79. The molecule has 1 amide bonds. The van der Waals surface area contributed by atoms with Crippen molar-refractivity contribution in [1.29, 1.82) is 0 Å². The summed E-state index contributed by atoms with van der Waals surface area (Å²) in [5.41, 5.74) is 0.736. The highest BCUT2D eigenvalue weighted by Crippen LogP contribution is 2.28. The molecular formula is C20H27ClN6O3. The van der Waals surface area contributed by atoms with Gasteiger partial charge in [-0.3, -0.25) is 9.80 Å². The Morgan fingerprint density at radius 3 is 2.57 bits per heavy atom. The Bertz CT molecular complexity index is 885. The number of carbonyl (C=O) groups excluding carboxylic acids is 1. The van der Waals surface area contributed by atoms with Gasteiger partial charge < -0.3 is 14.4 Å². The van der Waals surface area contributed by atoms with Crippen molar-refractivity contribution >= 4 is 23.3 Å². The maximum absolute atomic E-state index is 12.5. The van der Waals surface area contributed by atoms with E-state index >= 15 is 0 Å². The molecule has 0 aromatic carbocycles. The monoisotopic (exact) mass is 434 g/mol. The fourth-order valence-corrected chi connectivity index (χ4v) is 3.33. The molecule has 0 radical (unpaired) electrons. The van der Waals surface area contributed by atoms with Crippen LogP contribution < -0.4 is 20.2 Å². The Kier molecular flexibility index (Phi) is 6.94. The molecule has 0 bridgehead atoms. The third-order valence-corrected chi connectivity index (χ3v) is 5.37. The maximum atomic E-state index is 12.5. The van der Waals surface area contributed by atoms with Crippen LogP contribution in [-0.2, 0) is 0 Å². The molecule has 0 aliphatic carbocycles. The smallest absolute Gasteiger partial charge is 0.305 e. The summed E-state index contributed by atoms with van der Waals surface area (Å²) < 4.78 is 11.1. The zero-order valence-corrected chi connectivity index (χ0v) is 18.4. The van der Waals surface area contributed by atoms with Crippen LogP contribution in [0.25, 0.3) is 0 Å². The summed E-state index contributed by atoms with van der Waals surface area (Å²) in [6.07, 6.45) is 3.32. The second-order valence-electron chi connectivity index (χ2n) is 7.43. The number of nitrogens with two attached hydrogens (primary N) is 1. The Labute approximate surface area is 181 Å². The molecule has 1 fully saturated rings. The summed E-state index contributed by atoms with van der Waals surface area (Å²) in [5.74, 6) is 7.29. The number of ether oxygens (including phenoxy) is 2. The van der Waals surface area contributed by atoms with Crippen LogP contribution in [0, 0.1) is 6.92 Å². The lowest BCUT2D eigenvalue weighted by Gasteiger charge is -2.34. The molecule has 10 heteroatoms. The van der Waals surface area contributed by atoms with Crippen LogP contribution in [0.15, 0.2) is 18.3 Å². The Morgan fingerprint density at radius 2 is 2.00 bits per heavy atom. The van der Waals surface area contributed by atoms with Crippen LogP contribution in [0.1, 0.15) is 42.9 Å². The van der Waals surface area contributed by atoms with Crippen molar-refractivity contribution in [3.63, 3.8) is 0 Å². The SMILES string of the molecule is COc1ccc(OC2CCN(c3nc(C(=O)N(N)C(C)C)nc(Cl)c3C)CC2)cn1.